The third-order valence-corrected chi connectivity index (χ3v) is 1.55. The lowest BCUT2D eigenvalue weighted by atomic mass is 10.3. The zero-order valence-electron chi connectivity index (χ0n) is 7.97. The number of carboxylic acids is 1. The lowest BCUT2D eigenvalue weighted by molar-refractivity contribution is -0.138. The molecule has 0 aliphatic carbocycles. The molecule has 80 valence electrons. The molecule has 0 atom stereocenters. The van der Waals surface area contributed by atoms with Gasteiger partial charge in [-0.25, -0.2) is 0 Å². The molecule has 0 saturated carbocycles. The Morgan fingerprint density at radius 3 is 2.53 bits per heavy atom. The normalized spacial score (nSPS) is 9.33. The summed E-state index contributed by atoms with van der Waals surface area (Å²) in [4.78, 5) is 21.1. The largest absolute Gasteiger partial charge is 0.484 e. The van der Waals surface area contributed by atoms with Crippen molar-refractivity contribution in [3.8, 4) is 5.75 Å². The summed E-state index contributed by atoms with van der Waals surface area (Å²) in [7, 11) is 0. The monoisotopic (exact) mass is 209 g/mol. The smallest absolute Gasteiger partial charge is 0.322 e. The highest BCUT2D eigenvalue weighted by molar-refractivity contribution is 5.82. The first-order valence-corrected chi connectivity index (χ1v) is 4.35. The van der Waals surface area contributed by atoms with E-state index in [2.05, 4.69) is 5.32 Å². The molecule has 1 amide bonds. The van der Waals surface area contributed by atoms with E-state index in [1.165, 1.54) is 0 Å². The molecule has 1 aromatic rings. The highest BCUT2D eigenvalue weighted by Crippen LogP contribution is 2.07. The highest BCUT2D eigenvalue weighted by atomic mass is 16.5. The number of benzene rings is 1. The number of para-hydroxylation sites is 1. The first-order chi connectivity index (χ1) is 7.18. The fourth-order valence-electron chi connectivity index (χ4n) is 0.891. The average Bonchev–Trinajstić information content (AvgIpc) is 2.25. The molecule has 0 aromatic heterocycles. The Labute approximate surface area is 86.7 Å². The molecular formula is C10H11NO4. The Hall–Kier alpha value is -2.04. The van der Waals surface area contributed by atoms with Crippen LogP contribution < -0.4 is 10.1 Å². The van der Waals surface area contributed by atoms with Gasteiger partial charge in [-0.1, -0.05) is 18.2 Å². The van der Waals surface area contributed by atoms with Crippen molar-refractivity contribution in [1.82, 2.24) is 5.32 Å². The molecule has 0 aliphatic rings. The van der Waals surface area contributed by atoms with Gasteiger partial charge >= 0.3 is 5.97 Å². The van der Waals surface area contributed by atoms with Crippen LogP contribution >= 0.6 is 0 Å². The summed E-state index contributed by atoms with van der Waals surface area (Å²) in [5.41, 5.74) is 0. The molecule has 0 heterocycles. The predicted octanol–water partition coefficient (Wildman–Crippen LogP) is 0.266. The summed E-state index contributed by atoms with van der Waals surface area (Å²) in [6.45, 7) is -0.575. The molecule has 5 nitrogen and oxygen atoms in total. The molecule has 1 rings (SSSR count). The number of aliphatic carboxylic acids is 1. The lowest BCUT2D eigenvalue weighted by Crippen LogP contribution is -2.33. The zero-order valence-corrected chi connectivity index (χ0v) is 7.97. The topological polar surface area (TPSA) is 75.6 Å². The summed E-state index contributed by atoms with van der Waals surface area (Å²) in [5, 5.41) is 10.5. The summed E-state index contributed by atoms with van der Waals surface area (Å²) in [5.74, 6) is -0.965. The van der Waals surface area contributed by atoms with Crippen LogP contribution in [0.3, 0.4) is 0 Å². The summed E-state index contributed by atoms with van der Waals surface area (Å²) < 4.78 is 5.10. The van der Waals surface area contributed by atoms with Gasteiger partial charge in [0.2, 0.25) is 0 Å². The van der Waals surface area contributed by atoms with Gasteiger partial charge in [0.15, 0.2) is 6.61 Å². The van der Waals surface area contributed by atoms with Crippen LogP contribution in [0, 0.1) is 0 Å². The quantitative estimate of drug-likeness (QED) is 0.729. The Morgan fingerprint density at radius 2 is 1.93 bits per heavy atom. The third-order valence-electron chi connectivity index (χ3n) is 1.55. The Balaban J connectivity index is 2.26. The van der Waals surface area contributed by atoms with Crippen molar-refractivity contribution in [3.63, 3.8) is 0 Å². The fraction of sp³-hybridized carbons (Fsp3) is 0.200. The number of rotatable bonds is 5. The first kappa shape index (κ1) is 11.0. The molecule has 5 heteroatoms. The molecule has 0 saturated heterocycles. The van der Waals surface area contributed by atoms with Crippen LogP contribution in [-0.4, -0.2) is 30.1 Å². The minimum absolute atomic E-state index is 0.183. The molecule has 2 N–H and O–H groups in total. The van der Waals surface area contributed by atoms with Crippen LogP contribution in [0.5, 0.6) is 5.75 Å². The number of carbonyl (C=O) groups excluding carboxylic acids is 1. The number of carboxylic acid groups (broad SMARTS) is 1. The molecule has 0 unspecified atom stereocenters. The van der Waals surface area contributed by atoms with Gasteiger partial charge in [-0.2, -0.15) is 0 Å². The second-order valence-corrected chi connectivity index (χ2v) is 2.77. The summed E-state index contributed by atoms with van der Waals surface area (Å²) >= 11 is 0. The van der Waals surface area contributed by atoms with Gasteiger partial charge in [0, 0.05) is 0 Å². The van der Waals surface area contributed by atoms with Crippen molar-refractivity contribution in [2.45, 2.75) is 0 Å². The molecule has 0 aliphatic heterocycles. The van der Waals surface area contributed by atoms with Crippen LogP contribution in [0.1, 0.15) is 0 Å². The number of hydrogen-bond donors (Lipinski definition) is 2. The van der Waals surface area contributed by atoms with E-state index < -0.39 is 18.4 Å². The minimum atomic E-state index is -1.08. The van der Waals surface area contributed by atoms with Gasteiger partial charge in [0.05, 0.1) is 0 Å². The van der Waals surface area contributed by atoms with Crippen molar-refractivity contribution in [1.29, 1.82) is 0 Å². The van der Waals surface area contributed by atoms with Crippen LogP contribution in [-0.2, 0) is 9.59 Å². The minimum Gasteiger partial charge on any atom is -0.484 e. The number of carbonyl (C=O) groups is 2. The third kappa shape index (κ3) is 4.66. The van der Waals surface area contributed by atoms with Crippen LogP contribution in [0.25, 0.3) is 0 Å². The van der Waals surface area contributed by atoms with E-state index in [4.69, 9.17) is 9.84 Å². The van der Waals surface area contributed by atoms with E-state index in [-0.39, 0.29) is 6.61 Å². The van der Waals surface area contributed by atoms with Crippen molar-refractivity contribution in [2.75, 3.05) is 13.2 Å². The highest BCUT2D eigenvalue weighted by Gasteiger charge is 2.03. The predicted molar refractivity (Wildman–Crippen MR) is 52.6 cm³/mol. The molecule has 0 fully saturated rings. The van der Waals surface area contributed by atoms with Gasteiger partial charge in [-0.3, -0.25) is 9.59 Å². The van der Waals surface area contributed by atoms with Crippen molar-refractivity contribution in [2.24, 2.45) is 0 Å². The fourth-order valence-corrected chi connectivity index (χ4v) is 0.891. The maximum atomic E-state index is 11.0. The van der Waals surface area contributed by atoms with Gasteiger partial charge in [0.1, 0.15) is 12.3 Å². The molecule has 1 aromatic carbocycles. The van der Waals surface area contributed by atoms with E-state index in [1.54, 1.807) is 24.3 Å². The Kier molecular flexibility index (Phi) is 4.15. The molecule has 0 radical (unpaired) electrons. The van der Waals surface area contributed by atoms with E-state index in [0.29, 0.717) is 5.75 Å². The van der Waals surface area contributed by atoms with Gasteiger partial charge in [0.25, 0.3) is 5.91 Å². The van der Waals surface area contributed by atoms with E-state index in [0.717, 1.165) is 0 Å². The van der Waals surface area contributed by atoms with Crippen LogP contribution in [0.4, 0.5) is 0 Å². The van der Waals surface area contributed by atoms with Gasteiger partial charge in [-0.05, 0) is 12.1 Å². The van der Waals surface area contributed by atoms with E-state index in [1.807, 2.05) is 6.07 Å². The number of hydrogen-bond acceptors (Lipinski definition) is 3. The second kappa shape index (κ2) is 5.64. The van der Waals surface area contributed by atoms with Gasteiger partial charge in [-0.15, -0.1) is 0 Å². The SMILES string of the molecule is O=C(O)CNC(=O)COc1ccccc1. The summed E-state index contributed by atoms with van der Waals surface area (Å²) in [6, 6.07) is 8.82. The van der Waals surface area contributed by atoms with Crippen molar-refractivity contribution in [3.05, 3.63) is 30.3 Å². The van der Waals surface area contributed by atoms with Crippen LogP contribution in [0.15, 0.2) is 30.3 Å². The molecule has 0 bridgehead atoms. The van der Waals surface area contributed by atoms with Crippen LogP contribution in [0.2, 0.25) is 0 Å². The average molecular weight is 209 g/mol. The number of ether oxygens (including phenoxy) is 1. The van der Waals surface area contributed by atoms with Crippen molar-refractivity contribution < 1.29 is 19.4 Å². The standard InChI is InChI=1S/C10H11NO4/c12-9(11-6-10(13)14)7-15-8-4-2-1-3-5-8/h1-5H,6-7H2,(H,11,12)(H,13,14). The Bertz CT molecular complexity index is 337. The molecule has 15 heavy (non-hydrogen) atoms. The van der Waals surface area contributed by atoms with E-state index >= 15 is 0 Å². The second-order valence-electron chi connectivity index (χ2n) is 2.77. The number of nitrogens with one attached hydrogen (secondary N) is 1. The molecule has 0 spiro atoms. The summed E-state index contributed by atoms with van der Waals surface area (Å²) in [6.07, 6.45) is 0. The van der Waals surface area contributed by atoms with Crippen molar-refractivity contribution >= 4 is 11.9 Å². The lowest BCUT2D eigenvalue weighted by Gasteiger charge is -2.05. The first-order valence-electron chi connectivity index (χ1n) is 4.35. The van der Waals surface area contributed by atoms with Gasteiger partial charge < -0.3 is 15.2 Å². The molecular weight excluding hydrogens is 198 g/mol. The zero-order chi connectivity index (χ0) is 11.1. The van der Waals surface area contributed by atoms with E-state index in [9.17, 15) is 9.59 Å². The maximum absolute atomic E-state index is 11.0. The Morgan fingerprint density at radius 1 is 1.27 bits per heavy atom. The number of amides is 1. The maximum Gasteiger partial charge on any atom is 0.322 e.